The van der Waals surface area contributed by atoms with Gasteiger partial charge in [0.05, 0.1) is 32.7 Å². The van der Waals surface area contributed by atoms with Gasteiger partial charge in [-0.25, -0.2) is 19.9 Å². The molecule has 0 fully saturated rings. The molecule has 0 unspecified atom stereocenters. The molecule has 0 saturated heterocycles. The van der Waals surface area contributed by atoms with Gasteiger partial charge in [-0.2, -0.15) is 0 Å². The minimum Gasteiger partial charge on any atom is -0.494 e. The van der Waals surface area contributed by atoms with Crippen LogP contribution in [0.5, 0.6) is 17.4 Å². The number of aryl methyl sites for hydroxylation is 1. The maximum Gasteiger partial charge on any atom is 0.213 e. The highest BCUT2D eigenvalue weighted by atomic mass is 16.5. The quantitative estimate of drug-likeness (QED) is 0.260. The molecular weight excluding hydrogens is 458 g/mol. The van der Waals surface area contributed by atoms with E-state index < -0.39 is 0 Å². The van der Waals surface area contributed by atoms with Crippen LogP contribution in [0.2, 0.25) is 0 Å². The summed E-state index contributed by atoms with van der Waals surface area (Å²) < 4.78 is 23.8. The van der Waals surface area contributed by atoms with Crippen LogP contribution in [0.4, 0.5) is 0 Å². The fourth-order valence-corrected chi connectivity index (χ4v) is 3.53. The zero-order valence-electron chi connectivity index (χ0n) is 21.9. The van der Waals surface area contributed by atoms with Crippen molar-refractivity contribution in [2.24, 2.45) is 0 Å². The normalized spacial score (nSPS) is 10.6. The van der Waals surface area contributed by atoms with Crippen LogP contribution in [0.3, 0.4) is 0 Å². The Morgan fingerprint density at radius 2 is 1.53 bits per heavy atom. The van der Waals surface area contributed by atoms with Crippen molar-refractivity contribution in [2.75, 3.05) is 34.0 Å². The number of para-hydroxylation sites is 1. The third-order valence-corrected chi connectivity index (χ3v) is 5.06. The lowest BCUT2D eigenvalue weighted by Crippen LogP contribution is -2.05. The molecule has 0 saturated carbocycles. The maximum absolute atomic E-state index is 5.62. The lowest BCUT2D eigenvalue weighted by molar-refractivity contribution is 0.135. The molecule has 0 amide bonds. The van der Waals surface area contributed by atoms with E-state index in [0.29, 0.717) is 52.5 Å². The van der Waals surface area contributed by atoms with E-state index in [4.69, 9.17) is 23.9 Å². The minimum atomic E-state index is 0. The van der Waals surface area contributed by atoms with E-state index in [1.54, 1.807) is 20.4 Å². The predicted molar refractivity (Wildman–Crippen MR) is 142 cm³/mol. The maximum atomic E-state index is 5.62. The van der Waals surface area contributed by atoms with Crippen molar-refractivity contribution in [3.8, 4) is 34.6 Å². The summed E-state index contributed by atoms with van der Waals surface area (Å²) in [6.07, 6.45) is 3.97. The Morgan fingerprint density at radius 3 is 2.14 bits per heavy atom. The molecule has 194 valence electrons. The van der Waals surface area contributed by atoms with Gasteiger partial charge in [-0.1, -0.05) is 26.0 Å². The topological polar surface area (TPSA) is 93.4 Å². The highest BCUT2D eigenvalue weighted by Gasteiger charge is 2.23. The SMILES string of the molecule is CCCOCCC.CCOc1cccc(-c2nc3ncc(C)nc3n2-c2c(OC)cccc2OC)n1.[HH]. The number of pyridine rings is 1. The molecule has 0 N–H and O–H groups in total. The number of fused-ring (bicyclic) bond motifs is 1. The van der Waals surface area contributed by atoms with E-state index in [-0.39, 0.29) is 1.43 Å². The summed E-state index contributed by atoms with van der Waals surface area (Å²) >= 11 is 0. The second kappa shape index (κ2) is 13.4. The molecule has 1 aromatic carbocycles. The summed E-state index contributed by atoms with van der Waals surface area (Å²) in [6, 6.07) is 11.1. The van der Waals surface area contributed by atoms with E-state index in [1.165, 1.54) is 0 Å². The molecule has 0 spiro atoms. The zero-order valence-corrected chi connectivity index (χ0v) is 21.9. The van der Waals surface area contributed by atoms with Crippen LogP contribution in [-0.2, 0) is 4.74 Å². The lowest BCUT2D eigenvalue weighted by atomic mass is 10.2. The van der Waals surface area contributed by atoms with Gasteiger partial charge in [0.15, 0.2) is 17.1 Å². The van der Waals surface area contributed by atoms with Crippen molar-refractivity contribution in [1.82, 2.24) is 24.5 Å². The predicted octanol–water partition coefficient (Wildman–Crippen LogP) is 5.67. The number of hydrogen-bond acceptors (Lipinski definition) is 8. The Morgan fingerprint density at radius 1 is 0.861 bits per heavy atom. The van der Waals surface area contributed by atoms with Crippen molar-refractivity contribution >= 4 is 11.3 Å². The fourth-order valence-electron chi connectivity index (χ4n) is 3.53. The average Bonchev–Trinajstić information content (AvgIpc) is 3.27. The zero-order chi connectivity index (χ0) is 25.9. The van der Waals surface area contributed by atoms with E-state index in [0.717, 1.165) is 31.7 Å². The first-order valence-corrected chi connectivity index (χ1v) is 12.2. The molecule has 3 aromatic heterocycles. The second-order valence-electron chi connectivity index (χ2n) is 7.85. The molecule has 0 bridgehead atoms. The first-order chi connectivity index (χ1) is 17.6. The van der Waals surface area contributed by atoms with E-state index >= 15 is 0 Å². The number of aromatic nitrogens is 5. The Bertz CT molecular complexity index is 1240. The molecule has 0 atom stereocenters. The highest BCUT2D eigenvalue weighted by molar-refractivity contribution is 5.79. The van der Waals surface area contributed by atoms with Crippen molar-refractivity contribution in [3.05, 3.63) is 48.3 Å². The Kier molecular flexibility index (Phi) is 10.00. The Labute approximate surface area is 213 Å². The number of rotatable bonds is 10. The molecule has 3 heterocycles. The highest BCUT2D eigenvalue weighted by Crippen LogP contribution is 2.37. The van der Waals surface area contributed by atoms with Crippen molar-refractivity contribution in [3.63, 3.8) is 0 Å². The Balaban J connectivity index is 0.000000532. The number of nitrogens with zero attached hydrogens (tertiary/aromatic N) is 5. The summed E-state index contributed by atoms with van der Waals surface area (Å²) in [4.78, 5) is 18.4. The molecule has 4 aromatic rings. The van der Waals surface area contributed by atoms with Gasteiger partial charge in [0.25, 0.3) is 0 Å². The molecule has 0 aliphatic carbocycles. The third kappa shape index (κ3) is 6.28. The number of methoxy groups -OCH3 is 2. The van der Waals surface area contributed by atoms with Gasteiger partial charge in [-0.15, -0.1) is 0 Å². The monoisotopic (exact) mass is 495 g/mol. The molecule has 0 aliphatic rings. The van der Waals surface area contributed by atoms with Crippen LogP contribution in [0.1, 0.15) is 40.7 Å². The lowest BCUT2D eigenvalue weighted by Gasteiger charge is -2.16. The smallest absolute Gasteiger partial charge is 0.213 e. The average molecular weight is 496 g/mol. The molecule has 0 radical (unpaired) electrons. The van der Waals surface area contributed by atoms with Gasteiger partial charge in [0.1, 0.15) is 22.9 Å². The largest absolute Gasteiger partial charge is 0.494 e. The first kappa shape index (κ1) is 26.9. The van der Waals surface area contributed by atoms with Crippen LogP contribution in [0.15, 0.2) is 42.6 Å². The summed E-state index contributed by atoms with van der Waals surface area (Å²) in [5, 5.41) is 0. The van der Waals surface area contributed by atoms with Crippen molar-refractivity contribution in [2.45, 2.75) is 40.5 Å². The summed E-state index contributed by atoms with van der Waals surface area (Å²) in [6.45, 7) is 10.4. The van der Waals surface area contributed by atoms with Gasteiger partial charge in [-0.3, -0.25) is 4.57 Å². The summed E-state index contributed by atoms with van der Waals surface area (Å²) in [7, 11) is 3.23. The molecule has 9 nitrogen and oxygen atoms in total. The Hall–Kier alpha value is -3.72. The standard InChI is InChI=1S/C21H21N5O3.C6H14O.H2/c1-5-29-17-11-6-8-14(24-17)20-25-19-21(23-13(2)12-22-19)26(20)18-15(27-3)9-7-10-16(18)28-4;1-3-5-7-6-4-2;/h6-12H,5H2,1-4H3;3-6H2,1-2H3;1H. The molecule has 36 heavy (non-hydrogen) atoms. The molecule has 0 aliphatic heterocycles. The van der Waals surface area contributed by atoms with E-state index in [9.17, 15) is 0 Å². The minimum absolute atomic E-state index is 0. The molecule has 4 rings (SSSR count). The number of imidazole rings is 1. The fraction of sp³-hybridized carbons (Fsp3) is 0.407. The van der Waals surface area contributed by atoms with Crippen molar-refractivity contribution < 1.29 is 20.4 Å². The van der Waals surface area contributed by atoms with Gasteiger partial charge >= 0.3 is 0 Å². The van der Waals surface area contributed by atoms with Gasteiger partial charge < -0.3 is 18.9 Å². The van der Waals surface area contributed by atoms with Crippen LogP contribution in [0.25, 0.3) is 28.5 Å². The molecular formula is C27H37N5O4. The molecule has 9 heteroatoms. The number of benzene rings is 1. The van der Waals surface area contributed by atoms with Crippen LogP contribution >= 0.6 is 0 Å². The van der Waals surface area contributed by atoms with E-state index in [1.807, 2.05) is 54.8 Å². The van der Waals surface area contributed by atoms with Crippen LogP contribution in [-0.4, -0.2) is 58.5 Å². The number of ether oxygens (including phenoxy) is 4. The summed E-state index contributed by atoms with van der Waals surface area (Å²) in [5.74, 6) is 2.32. The number of hydrogen-bond donors (Lipinski definition) is 0. The van der Waals surface area contributed by atoms with Gasteiger partial charge in [-0.05, 0) is 44.9 Å². The van der Waals surface area contributed by atoms with E-state index in [2.05, 4.69) is 28.8 Å². The first-order valence-electron chi connectivity index (χ1n) is 12.2. The second-order valence-corrected chi connectivity index (χ2v) is 7.85. The summed E-state index contributed by atoms with van der Waals surface area (Å²) in [5.41, 5.74) is 3.17. The van der Waals surface area contributed by atoms with Crippen molar-refractivity contribution in [1.29, 1.82) is 0 Å². The van der Waals surface area contributed by atoms with Crippen LogP contribution in [0, 0.1) is 6.92 Å². The van der Waals surface area contributed by atoms with Crippen LogP contribution < -0.4 is 14.2 Å². The third-order valence-electron chi connectivity index (χ3n) is 5.06. The van der Waals surface area contributed by atoms with Gasteiger partial charge in [0, 0.05) is 20.7 Å². The van der Waals surface area contributed by atoms with Gasteiger partial charge in [0.2, 0.25) is 5.88 Å².